The first-order valence-corrected chi connectivity index (χ1v) is 8.50. The molecule has 118 valence electrons. The summed E-state index contributed by atoms with van der Waals surface area (Å²) in [5.41, 5.74) is 0.777. The van der Waals surface area contributed by atoms with E-state index in [1.807, 2.05) is 4.90 Å². The minimum Gasteiger partial charge on any atom is -0.345 e. The molecule has 3 rings (SSSR count). The molecule has 2 aliphatic rings. The number of hydrogen-bond donors (Lipinski definition) is 1. The lowest BCUT2D eigenvalue weighted by molar-refractivity contribution is -0.133. The normalized spacial score (nSPS) is 18.3. The van der Waals surface area contributed by atoms with Crippen molar-refractivity contribution in [3.63, 3.8) is 0 Å². The number of carbonyl (C=O) groups is 1. The van der Waals surface area contributed by atoms with Crippen LogP contribution in [-0.2, 0) is 4.79 Å². The van der Waals surface area contributed by atoms with Gasteiger partial charge in [-0.2, -0.15) is 0 Å². The standard InChI is InChI=1S/C15H17Cl2N3OS/c16-11-7-12(17)9-13(8-11)18-15(22)20-5-3-19(4-6-20)14(21)10-1-2-10/h7-10H,1-6H2,(H,18,22). The van der Waals surface area contributed by atoms with Crippen molar-refractivity contribution in [3.8, 4) is 0 Å². The lowest BCUT2D eigenvalue weighted by Crippen LogP contribution is -2.52. The molecular formula is C15H17Cl2N3OS. The molecule has 1 aromatic carbocycles. The summed E-state index contributed by atoms with van der Waals surface area (Å²) in [7, 11) is 0. The van der Waals surface area contributed by atoms with Crippen molar-refractivity contribution < 1.29 is 4.79 Å². The fourth-order valence-corrected chi connectivity index (χ4v) is 3.37. The van der Waals surface area contributed by atoms with Crippen LogP contribution in [0.3, 0.4) is 0 Å². The zero-order chi connectivity index (χ0) is 15.7. The molecule has 22 heavy (non-hydrogen) atoms. The van der Waals surface area contributed by atoms with Crippen molar-refractivity contribution in [3.05, 3.63) is 28.2 Å². The zero-order valence-corrected chi connectivity index (χ0v) is 14.3. The maximum Gasteiger partial charge on any atom is 0.225 e. The van der Waals surface area contributed by atoms with E-state index in [0.717, 1.165) is 44.7 Å². The van der Waals surface area contributed by atoms with Crippen LogP contribution in [0, 0.1) is 5.92 Å². The van der Waals surface area contributed by atoms with Gasteiger partial charge in [-0.1, -0.05) is 23.2 Å². The summed E-state index contributed by atoms with van der Waals surface area (Å²) >= 11 is 17.4. The maximum absolute atomic E-state index is 12.0. The quantitative estimate of drug-likeness (QED) is 0.824. The summed E-state index contributed by atoms with van der Waals surface area (Å²) in [5.74, 6) is 0.588. The van der Waals surface area contributed by atoms with Crippen LogP contribution in [0.4, 0.5) is 5.69 Å². The van der Waals surface area contributed by atoms with Gasteiger partial charge in [0.25, 0.3) is 0 Å². The number of rotatable bonds is 2. The predicted octanol–water partition coefficient (Wildman–Crippen LogP) is 3.24. The van der Waals surface area contributed by atoms with Crippen molar-refractivity contribution in [2.24, 2.45) is 5.92 Å². The van der Waals surface area contributed by atoms with Crippen LogP contribution in [0.15, 0.2) is 18.2 Å². The van der Waals surface area contributed by atoms with Crippen molar-refractivity contribution in [1.29, 1.82) is 0 Å². The van der Waals surface area contributed by atoms with Gasteiger partial charge in [-0.15, -0.1) is 0 Å². The molecule has 1 N–H and O–H groups in total. The molecule has 2 fully saturated rings. The fourth-order valence-electron chi connectivity index (χ4n) is 2.55. The number of piperazine rings is 1. The van der Waals surface area contributed by atoms with Gasteiger partial charge in [-0.3, -0.25) is 4.79 Å². The first kappa shape index (κ1) is 15.8. The van der Waals surface area contributed by atoms with E-state index in [4.69, 9.17) is 35.4 Å². The molecule has 0 bridgehead atoms. The molecule has 0 aromatic heterocycles. The third kappa shape index (κ3) is 3.83. The second-order valence-corrected chi connectivity index (χ2v) is 6.93. The topological polar surface area (TPSA) is 35.6 Å². The van der Waals surface area contributed by atoms with Gasteiger partial charge < -0.3 is 15.1 Å². The predicted molar refractivity (Wildman–Crippen MR) is 93.6 cm³/mol. The van der Waals surface area contributed by atoms with E-state index in [-0.39, 0.29) is 5.92 Å². The Kier molecular flexibility index (Phi) is 4.76. The lowest BCUT2D eigenvalue weighted by atomic mass is 10.2. The smallest absolute Gasteiger partial charge is 0.225 e. The van der Waals surface area contributed by atoms with E-state index >= 15 is 0 Å². The van der Waals surface area contributed by atoms with E-state index in [0.29, 0.717) is 21.1 Å². The molecule has 7 heteroatoms. The Morgan fingerprint density at radius 3 is 2.14 bits per heavy atom. The molecule has 0 radical (unpaired) electrons. The third-order valence-corrected chi connectivity index (χ3v) is 4.72. The first-order chi connectivity index (χ1) is 10.5. The van der Waals surface area contributed by atoms with Crippen LogP contribution in [0.5, 0.6) is 0 Å². The molecular weight excluding hydrogens is 341 g/mol. The zero-order valence-electron chi connectivity index (χ0n) is 12.0. The van der Waals surface area contributed by atoms with Gasteiger partial charge in [0, 0.05) is 47.8 Å². The molecule has 1 heterocycles. The minimum atomic E-state index is 0.283. The number of nitrogens with one attached hydrogen (secondary N) is 1. The molecule has 1 aliphatic heterocycles. The molecule has 0 atom stereocenters. The van der Waals surface area contributed by atoms with E-state index in [2.05, 4.69) is 10.2 Å². The summed E-state index contributed by atoms with van der Waals surface area (Å²) in [6.07, 6.45) is 2.10. The van der Waals surface area contributed by atoms with Gasteiger partial charge in [0.15, 0.2) is 5.11 Å². The van der Waals surface area contributed by atoms with E-state index < -0.39 is 0 Å². The molecule has 1 saturated carbocycles. The lowest BCUT2D eigenvalue weighted by Gasteiger charge is -2.36. The average molecular weight is 358 g/mol. The van der Waals surface area contributed by atoms with Gasteiger partial charge in [-0.05, 0) is 43.3 Å². The van der Waals surface area contributed by atoms with E-state index in [1.54, 1.807) is 18.2 Å². The Morgan fingerprint density at radius 1 is 1.05 bits per heavy atom. The highest BCUT2D eigenvalue weighted by molar-refractivity contribution is 7.80. The Morgan fingerprint density at radius 2 is 1.59 bits per heavy atom. The van der Waals surface area contributed by atoms with Gasteiger partial charge >= 0.3 is 0 Å². The van der Waals surface area contributed by atoms with Crippen LogP contribution < -0.4 is 5.32 Å². The Bertz CT molecular complexity index is 578. The molecule has 0 unspecified atom stereocenters. The van der Waals surface area contributed by atoms with E-state index in [1.165, 1.54) is 0 Å². The molecule has 1 aliphatic carbocycles. The Balaban J connectivity index is 1.54. The number of hydrogen-bond acceptors (Lipinski definition) is 2. The number of nitrogens with zero attached hydrogens (tertiary/aromatic N) is 2. The van der Waals surface area contributed by atoms with Gasteiger partial charge in [-0.25, -0.2) is 0 Å². The average Bonchev–Trinajstić information content (AvgIpc) is 3.30. The van der Waals surface area contributed by atoms with Gasteiger partial charge in [0.05, 0.1) is 0 Å². The SMILES string of the molecule is O=C(C1CC1)N1CCN(C(=S)Nc2cc(Cl)cc(Cl)c2)CC1. The highest BCUT2D eigenvalue weighted by Crippen LogP contribution is 2.31. The number of benzene rings is 1. The molecule has 1 aromatic rings. The van der Waals surface area contributed by atoms with Gasteiger partial charge in [0.1, 0.15) is 0 Å². The minimum absolute atomic E-state index is 0.283. The van der Waals surface area contributed by atoms with Crippen molar-refractivity contribution in [1.82, 2.24) is 9.80 Å². The Labute approximate surface area is 145 Å². The number of anilines is 1. The highest BCUT2D eigenvalue weighted by Gasteiger charge is 2.34. The van der Waals surface area contributed by atoms with Gasteiger partial charge in [0.2, 0.25) is 5.91 Å². The molecule has 1 amide bonds. The number of halogens is 2. The summed E-state index contributed by atoms with van der Waals surface area (Å²) in [4.78, 5) is 16.1. The van der Waals surface area contributed by atoms with Crippen LogP contribution >= 0.6 is 35.4 Å². The van der Waals surface area contributed by atoms with E-state index in [9.17, 15) is 4.79 Å². The summed E-state index contributed by atoms with van der Waals surface area (Å²) in [6.45, 7) is 2.96. The molecule has 0 spiro atoms. The molecule has 4 nitrogen and oxygen atoms in total. The number of carbonyl (C=O) groups excluding carboxylic acids is 1. The maximum atomic E-state index is 12.0. The number of amides is 1. The van der Waals surface area contributed by atoms with Crippen LogP contribution in [0.2, 0.25) is 10.0 Å². The number of thiocarbonyl (C=S) groups is 1. The third-order valence-electron chi connectivity index (χ3n) is 3.92. The van der Waals surface area contributed by atoms with Crippen molar-refractivity contribution in [2.75, 3.05) is 31.5 Å². The summed E-state index contributed by atoms with van der Waals surface area (Å²) < 4.78 is 0. The van der Waals surface area contributed by atoms with Crippen molar-refractivity contribution in [2.45, 2.75) is 12.8 Å². The summed E-state index contributed by atoms with van der Waals surface area (Å²) in [6, 6.07) is 5.25. The highest BCUT2D eigenvalue weighted by atomic mass is 35.5. The second-order valence-electron chi connectivity index (χ2n) is 5.67. The monoisotopic (exact) mass is 357 g/mol. The Hall–Kier alpha value is -1.04. The van der Waals surface area contributed by atoms with Crippen LogP contribution in [-0.4, -0.2) is 47.0 Å². The first-order valence-electron chi connectivity index (χ1n) is 7.34. The van der Waals surface area contributed by atoms with Crippen LogP contribution in [0.1, 0.15) is 12.8 Å². The van der Waals surface area contributed by atoms with Crippen LogP contribution in [0.25, 0.3) is 0 Å². The van der Waals surface area contributed by atoms with Crippen molar-refractivity contribution >= 4 is 52.1 Å². The summed E-state index contributed by atoms with van der Waals surface area (Å²) in [5, 5.41) is 4.93. The second kappa shape index (κ2) is 6.60. The molecule has 1 saturated heterocycles. The largest absolute Gasteiger partial charge is 0.345 e. The fraction of sp³-hybridized carbons (Fsp3) is 0.467.